The van der Waals surface area contributed by atoms with Crippen LogP contribution in [0.25, 0.3) is 0 Å². The number of halogens is 1. The highest BCUT2D eigenvalue weighted by Crippen LogP contribution is 2.16. The second kappa shape index (κ2) is 8.22. The first-order valence-corrected chi connectivity index (χ1v) is 7.57. The van der Waals surface area contributed by atoms with E-state index in [-0.39, 0.29) is 12.0 Å². The second-order valence-electron chi connectivity index (χ2n) is 5.16. The Labute approximate surface area is 129 Å². The predicted octanol–water partition coefficient (Wildman–Crippen LogP) is 1.29. The van der Waals surface area contributed by atoms with Gasteiger partial charge in [0.1, 0.15) is 12.4 Å². The third-order valence-electron chi connectivity index (χ3n) is 3.41. The molecule has 0 atom stereocenters. The number of ether oxygens (including phenoxy) is 1. The van der Waals surface area contributed by atoms with Crippen molar-refractivity contribution in [2.24, 2.45) is 0 Å². The number of benzene rings is 1. The summed E-state index contributed by atoms with van der Waals surface area (Å²) in [5, 5.41) is 12.9. The number of piperidine rings is 1. The molecule has 0 saturated carbocycles. The van der Waals surface area contributed by atoms with Gasteiger partial charge in [-0.05, 0) is 31.0 Å². The van der Waals surface area contributed by atoms with Crippen molar-refractivity contribution in [3.8, 4) is 5.75 Å². The molecule has 0 bridgehead atoms. The molecule has 6 heteroatoms. The van der Waals surface area contributed by atoms with E-state index in [2.05, 4.69) is 10.2 Å². The Morgan fingerprint density at radius 1 is 1.43 bits per heavy atom. The largest absolute Gasteiger partial charge is 0.492 e. The van der Waals surface area contributed by atoms with Crippen molar-refractivity contribution >= 4 is 17.5 Å². The summed E-state index contributed by atoms with van der Waals surface area (Å²) < 4.78 is 5.50. The van der Waals surface area contributed by atoms with E-state index in [1.165, 1.54) is 0 Å². The number of rotatable bonds is 6. The van der Waals surface area contributed by atoms with Gasteiger partial charge in [0.05, 0.1) is 19.2 Å². The molecule has 2 rings (SSSR count). The maximum absolute atomic E-state index is 11.8. The van der Waals surface area contributed by atoms with Crippen LogP contribution >= 0.6 is 11.6 Å². The van der Waals surface area contributed by atoms with Gasteiger partial charge in [0.15, 0.2) is 0 Å². The first kappa shape index (κ1) is 16.1. The number of carbonyl (C=O) groups is 1. The Morgan fingerprint density at radius 3 is 2.90 bits per heavy atom. The number of amides is 1. The molecule has 0 aromatic heterocycles. The van der Waals surface area contributed by atoms with Gasteiger partial charge in [0, 0.05) is 18.1 Å². The highest BCUT2D eigenvalue weighted by Gasteiger charge is 2.18. The SMILES string of the molecule is O=C(CN1CCC(O)CC1)NCCOc1cccc(Cl)c1. The van der Waals surface area contributed by atoms with Crippen LogP contribution in [-0.4, -0.2) is 54.8 Å². The molecule has 2 N–H and O–H groups in total. The molecule has 116 valence electrons. The van der Waals surface area contributed by atoms with E-state index in [0.29, 0.717) is 30.5 Å². The molecule has 1 saturated heterocycles. The quantitative estimate of drug-likeness (QED) is 0.777. The van der Waals surface area contributed by atoms with Crippen LogP contribution in [0.5, 0.6) is 5.75 Å². The van der Waals surface area contributed by atoms with Crippen LogP contribution < -0.4 is 10.1 Å². The molecule has 1 aliphatic heterocycles. The molecule has 0 unspecified atom stereocenters. The summed E-state index contributed by atoms with van der Waals surface area (Å²) in [6.07, 6.45) is 1.27. The van der Waals surface area contributed by atoms with Crippen molar-refractivity contribution in [2.45, 2.75) is 18.9 Å². The molecule has 1 amide bonds. The van der Waals surface area contributed by atoms with Gasteiger partial charge >= 0.3 is 0 Å². The topological polar surface area (TPSA) is 61.8 Å². The molecule has 1 aliphatic rings. The Balaban J connectivity index is 1.59. The van der Waals surface area contributed by atoms with Gasteiger partial charge in [0.25, 0.3) is 0 Å². The lowest BCUT2D eigenvalue weighted by atomic mass is 10.1. The van der Waals surface area contributed by atoms with Gasteiger partial charge in [-0.1, -0.05) is 17.7 Å². The highest BCUT2D eigenvalue weighted by atomic mass is 35.5. The van der Waals surface area contributed by atoms with E-state index in [1.807, 2.05) is 12.1 Å². The van der Waals surface area contributed by atoms with E-state index in [1.54, 1.807) is 12.1 Å². The number of hydrogen-bond donors (Lipinski definition) is 2. The zero-order valence-electron chi connectivity index (χ0n) is 11.9. The normalized spacial score (nSPS) is 16.7. The molecule has 0 aliphatic carbocycles. The smallest absolute Gasteiger partial charge is 0.234 e. The number of aliphatic hydroxyl groups excluding tert-OH is 1. The van der Waals surface area contributed by atoms with Crippen molar-refractivity contribution in [3.05, 3.63) is 29.3 Å². The summed E-state index contributed by atoms with van der Waals surface area (Å²) in [5.74, 6) is 0.683. The van der Waals surface area contributed by atoms with Crippen LogP contribution in [0.15, 0.2) is 24.3 Å². The summed E-state index contributed by atoms with van der Waals surface area (Å²) in [7, 11) is 0. The number of carbonyl (C=O) groups excluding carboxylic acids is 1. The third-order valence-corrected chi connectivity index (χ3v) is 3.65. The van der Waals surface area contributed by atoms with Gasteiger partial charge in [-0.25, -0.2) is 0 Å². The highest BCUT2D eigenvalue weighted by molar-refractivity contribution is 6.30. The fourth-order valence-electron chi connectivity index (χ4n) is 2.25. The Hall–Kier alpha value is -1.30. The average molecular weight is 313 g/mol. The molecular formula is C15H21ClN2O3. The summed E-state index contributed by atoms with van der Waals surface area (Å²) in [6.45, 7) is 2.79. The summed E-state index contributed by atoms with van der Waals surface area (Å²) in [6, 6.07) is 7.17. The first-order chi connectivity index (χ1) is 10.1. The number of hydrogen-bond acceptors (Lipinski definition) is 4. The molecule has 1 aromatic rings. The van der Waals surface area contributed by atoms with Crippen LogP contribution in [0.2, 0.25) is 5.02 Å². The van der Waals surface area contributed by atoms with Crippen molar-refractivity contribution in [3.63, 3.8) is 0 Å². The zero-order valence-corrected chi connectivity index (χ0v) is 12.7. The number of nitrogens with one attached hydrogen (secondary N) is 1. The first-order valence-electron chi connectivity index (χ1n) is 7.19. The summed E-state index contributed by atoms with van der Waals surface area (Å²) in [4.78, 5) is 13.8. The van der Waals surface area contributed by atoms with E-state index in [9.17, 15) is 9.90 Å². The number of likely N-dealkylation sites (tertiary alicyclic amines) is 1. The third kappa shape index (κ3) is 5.91. The minimum Gasteiger partial charge on any atom is -0.492 e. The fraction of sp³-hybridized carbons (Fsp3) is 0.533. The molecule has 5 nitrogen and oxygen atoms in total. The summed E-state index contributed by atoms with van der Waals surface area (Å²) in [5.41, 5.74) is 0. The molecule has 0 spiro atoms. The van der Waals surface area contributed by atoms with Crippen LogP contribution in [0.4, 0.5) is 0 Å². The van der Waals surface area contributed by atoms with Crippen molar-refractivity contribution in [1.82, 2.24) is 10.2 Å². The molecule has 1 aromatic carbocycles. The van der Waals surface area contributed by atoms with Crippen LogP contribution in [0, 0.1) is 0 Å². The monoisotopic (exact) mass is 312 g/mol. The Kier molecular flexibility index (Phi) is 6.29. The minimum absolute atomic E-state index is 0.0129. The van der Waals surface area contributed by atoms with Crippen molar-refractivity contribution < 1.29 is 14.6 Å². The second-order valence-corrected chi connectivity index (χ2v) is 5.60. The standard InChI is InChI=1S/C15H21ClN2O3/c16-12-2-1-3-14(10-12)21-9-6-17-15(20)11-18-7-4-13(19)5-8-18/h1-3,10,13,19H,4-9,11H2,(H,17,20). The fourth-order valence-corrected chi connectivity index (χ4v) is 2.43. The van der Waals surface area contributed by atoms with E-state index in [0.717, 1.165) is 25.9 Å². The van der Waals surface area contributed by atoms with E-state index in [4.69, 9.17) is 16.3 Å². The molecular weight excluding hydrogens is 292 g/mol. The summed E-state index contributed by atoms with van der Waals surface area (Å²) >= 11 is 5.85. The number of nitrogens with zero attached hydrogens (tertiary/aromatic N) is 1. The number of aliphatic hydroxyl groups is 1. The van der Waals surface area contributed by atoms with Gasteiger partial charge in [-0.15, -0.1) is 0 Å². The molecule has 1 heterocycles. The molecule has 1 fully saturated rings. The van der Waals surface area contributed by atoms with Crippen LogP contribution in [0.1, 0.15) is 12.8 Å². The lowest BCUT2D eigenvalue weighted by Gasteiger charge is -2.28. The lowest BCUT2D eigenvalue weighted by Crippen LogP contribution is -2.43. The molecule has 21 heavy (non-hydrogen) atoms. The Bertz CT molecular complexity index is 462. The zero-order chi connectivity index (χ0) is 15.1. The average Bonchev–Trinajstić information content (AvgIpc) is 2.46. The predicted molar refractivity (Wildman–Crippen MR) is 81.6 cm³/mol. The molecule has 0 radical (unpaired) electrons. The van der Waals surface area contributed by atoms with Gasteiger partial charge in [-0.2, -0.15) is 0 Å². The minimum atomic E-state index is -0.213. The van der Waals surface area contributed by atoms with Crippen LogP contribution in [-0.2, 0) is 4.79 Å². The van der Waals surface area contributed by atoms with Crippen molar-refractivity contribution in [1.29, 1.82) is 0 Å². The van der Waals surface area contributed by atoms with E-state index < -0.39 is 0 Å². The maximum atomic E-state index is 11.8. The van der Waals surface area contributed by atoms with Gasteiger partial charge < -0.3 is 15.2 Å². The lowest BCUT2D eigenvalue weighted by molar-refractivity contribution is -0.122. The van der Waals surface area contributed by atoms with Crippen LogP contribution in [0.3, 0.4) is 0 Å². The van der Waals surface area contributed by atoms with Gasteiger partial charge in [-0.3, -0.25) is 9.69 Å². The Morgan fingerprint density at radius 2 is 2.19 bits per heavy atom. The van der Waals surface area contributed by atoms with Crippen molar-refractivity contribution in [2.75, 3.05) is 32.8 Å². The van der Waals surface area contributed by atoms with Gasteiger partial charge in [0.2, 0.25) is 5.91 Å². The van der Waals surface area contributed by atoms with E-state index >= 15 is 0 Å². The maximum Gasteiger partial charge on any atom is 0.234 e.